The number of urea groups is 1. The van der Waals surface area contributed by atoms with Gasteiger partial charge in [0.05, 0.1) is 26.2 Å². The molecule has 0 saturated carbocycles. The number of Topliss-reactive ketones (excluding diaryl/α,β-unsaturated/α-hetero) is 1. The molecule has 2 rings (SSSR count). The number of anilines is 1. The van der Waals surface area contributed by atoms with Crippen molar-refractivity contribution in [1.82, 2.24) is 10.6 Å². The maximum absolute atomic E-state index is 11.8. The van der Waals surface area contributed by atoms with Crippen LogP contribution in [0.25, 0.3) is 0 Å². The van der Waals surface area contributed by atoms with Crippen molar-refractivity contribution in [3.05, 3.63) is 29.8 Å². The summed E-state index contributed by atoms with van der Waals surface area (Å²) in [7, 11) is 0. The Kier molecular flexibility index (Phi) is 6.31. The van der Waals surface area contributed by atoms with Crippen molar-refractivity contribution < 1.29 is 19.3 Å². The fourth-order valence-corrected chi connectivity index (χ4v) is 2.77. The van der Waals surface area contributed by atoms with Gasteiger partial charge in [-0.05, 0) is 38.1 Å². The maximum Gasteiger partial charge on any atom is 0.321 e. The van der Waals surface area contributed by atoms with Crippen LogP contribution in [0.2, 0.25) is 0 Å². The highest BCUT2D eigenvalue weighted by Gasteiger charge is 2.23. The standard InChI is InChI=1S/C17H24N4O3/c1-3-18-17(24)19-16(23)12-20-8-10-21(11-9-20)15-6-4-14(5-7-15)13(2)22/h4-7H,3,8-12H2,1-2H3,(H2,18,19,23,24)/p+1. The zero-order chi connectivity index (χ0) is 17.5. The first-order valence-corrected chi connectivity index (χ1v) is 8.26. The molecule has 0 bridgehead atoms. The number of piperazine rings is 1. The number of carbonyl (C=O) groups is 3. The second-order valence-electron chi connectivity index (χ2n) is 5.92. The fraction of sp³-hybridized carbons (Fsp3) is 0.471. The highest BCUT2D eigenvalue weighted by molar-refractivity contribution is 5.95. The summed E-state index contributed by atoms with van der Waals surface area (Å²) >= 11 is 0. The Balaban J connectivity index is 1.79. The molecule has 1 aliphatic heterocycles. The number of ketones is 1. The highest BCUT2D eigenvalue weighted by atomic mass is 16.2. The van der Waals surface area contributed by atoms with E-state index in [0.717, 1.165) is 36.8 Å². The molecule has 24 heavy (non-hydrogen) atoms. The predicted molar refractivity (Wildman–Crippen MR) is 91.4 cm³/mol. The fourth-order valence-electron chi connectivity index (χ4n) is 2.77. The summed E-state index contributed by atoms with van der Waals surface area (Å²) in [5.41, 5.74) is 1.80. The number of imide groups is 1. The predicted octanol–water partition coefficient (Wildman–Crippen LogP) is -0.560. The van der Waals surface area contributed by atoms with Crippen molar-refractivity contribution in [3.63, 3.8) is 0 Å². The smallest absolute Gasteiger partial charge is 0.321 e. The second kappa shape index (κ2) is 8.44. The van der Waals surface area contributed by atoms with Crippen LogP contribution in [0, 0.1) is 0 Å². The van der Waals surface area contributed by atoms with E-state index >= 15 is 0 Å². The number of rotatable bonds is 5. The number of nitrogens with one attached hydrogen (secondary N) is 3. The van der Waals surface area contributed by atoms with Crippen LogP contribution < -0.4 is 20.4 Å². The Morgan fingerprint density at radius 2 is 1.75 bits per heavy atom. The first-order valence-electron chi connectivity index (χ1n) is 8.26. The molecule has 0 spiro atoms. The van der Waals surface area contributed by atoms with E-state index in [-0.39, 0.29) is 11.7 Å². The number of quaternary nitrogens is 1. The Morgan fingerprint density at radius 1 is 1.12 bits per heavy atom. The summed E-state index contributed by atoms with van der Waals surface area (Å²) in [6, 6.07) is 7.17. The van der Waals surface area contributed by atoms with Gasteiger partial charge in [-0.2, -0.15) is 0 Å². The lowest BCUT2D eigenvalue weighted by molar-refractivity contribution is -0.892. The van der Waals surface area contributed by atoms with E-state index in [0.29, 0.717) is 18.7 Å². The Labute approximate surface area is 142 Å². The SMILES string of the molecule is CCNC(=O)NC(=O)C[NH+]1CCN(c2ccc(C(C)=O)cc2)CC1. The van der Waals surface area contributed by atoms with Crippen LogP contribution in [0.3, 0.4) is 0 Å². The van der Waals surface area contributed by atoms with Gasteiger partial charge in [-0.3, -0.25) is 14.9 Å². The van der Waals surface area contributed by atoms with Gasteiger partial charge in [0.1, 0.15) is 0 Å². The van der Waals surface area contributed by atoms with E-state index < -0.39 is 6.03 Å². The molecule has 1 fully saturated rings. The molecule has 1 aromatic rings. The summed E-state index contributed by atoms with van der Waals surface area (Å²) in [5, 5.41) is 4.87. The van der Waals surface area contributed by atoms with Crippen molar-refractivity contribution in [1.29, 1.82) is 0 Å². The second-order valence-corrected chi connectivity index (χ2v) is 5.92. The van der Waals surface area contributed by atoms with Gasteiger partial charge in [0, 0.05) is 17.8 Å². The largest absolute Gasteiger partial charge is 0.360 e. The minimum atomic E-state index is -0.439. The Bertz CT molecular complexity index is 592. The van der Waals surface area contributed by atoms with Crippen LogP contribution in [0.15, 0.2) is 24.3 Å². The lowest BCUT2D eigenvalue weighted by Gasteiger charge is -2.33. The van der Waals surface area contributed by atoms with Gasteiger partial charge in [0.25, 0.3) is 5.91 Å². The summed E-state index contributed by atoms with van der Waals surface area (Å²) in [6.07, 6.45) is 0. The molecule has 0 aliphatic carbocycles. The van der Waals surface area contributed by atoms with Crippen LogP contribution in [-0.2, 0) is 4.79 Å². The first kappa shape index (κ1) is 17.9. The molecule has 0 radical (unpaired) electrons. The summed E-state index contributed by atoms with van der Waals surface area (Å²) in [6.45, 7) is 7.49. The van der Waals surface area contributed by atoms with Crippen molar-refractivity contribution in [2.24, 2.45) is 0 Å². The third kappa shape index (κ3) is 5.06. The normalized spacial score (nSPS) is 15.0. The molecule has 0 atom stereocenters. The highest BCUT2D eigenvalue weighted by Crippen LogP contribution is 2.15. The molecule has 3 N–H and O–H groups in total. The number of nitrogens with zero attached hydrogens (tertiary/aromatic N) is 1. The van der Waals surface area contributed by atoms with Crippen LogP contribution >= 0.6 is 0 Å². The topological polar surface area (TPSA) is 82.9 Å². The molecule has 3 amide bonds. The molecule has 7 nitrogen and oxygen atoms in total. The number of carbonyl (C=O) groups excluding carboxylic acids is 3. The molecular weight excluding hydrogens is 308 g/mol. The quantitative estimate of drug-likeness (QED) is 0.631. The van der Waals surface area contributed by atoms with Crippen LogP contribution in [0.4, 0.5) is 10.5 Å². The van der Waals surface area contributed by atoms with Gasteiger partial charge in [0.2, 0.25) is 0 Å². The molecule has 1 aliphatic rings. The summed E-state index contributed by atoms with van der Waals surface area (Å²) in [4.78, 5) is 37.9. The molecule has 7 heteroatoms. The van der Waals surface area contributed by atoms with Gasteiger partial charge in [-0.15, -0.1) is 0 Å². The van der Waals surface area contributed by atoms with E-state index in [1.54, 1.807) is 13.8 Å². The first-order chi connectivity index (χ1) is 11.5. The van der Waals surface area contributed by atoms with Gasteiger partial charge in [-0.25, -0.2) is 4.79 Å². The summed E-state index contributed by atoms with van der Waals surface area (Å²) in [5.74, 6) is -0.191. The van der Waals surface area contributed by atoms with E-state index in [9.17, 15) is 14.4 Å². The average Bonchev–Trinajstić information content (AvgIpc) is 2.55. The summed E-state index contributed by atoms with van der Waals surface area (Å²) < 4.78 is 0. The molecule has 1 saturated heterocycles. The number of hydrogen-bond acceptors (Lipinski definition) is 4. The van der Waals surface area contributed by atoms with Crippen molar-refractivity contribution in [2.75, 3.05) is 44.2 Å². The molecule has 1 heterocycles. The van der Waals surface area contributed by atoms with Gasteiger partial charge >= 0.3 is 6.03 Å². The molecule has 0 aromatic heterocycles. The van der Waals surface area contributed by atoms with Crippen molar-refractivity contribution in [2.45, 2.75) is 13.8 Å². The van der Waals surface area contributed by atoms with Crippen LogP contribution in [0.5, 0.6) is 0 Å². The zero-order valence-electron chi connectivity index (χ0n) is 14.2. The van der Waals surface area contributed by atoms with Crippen molar-refractivity contribution >= 4 is 23.4 Å². The van der Waals surface area contributed by atoms with Crippen molar-refractivity contribution in [3.8, 4) is 0 Å². The van der Waals surface area contributed by atoms with E-state index in [1.807, 2.05) is 24.3 Å². The van der Waals surface area contributed by atoms with Gasteiger partial charge in [0.15, 0.2) is 12.3 Å². The number of amides is 3. The minimum Gasteiger partial charge on any atom is -0.360 e. The minimum absolute atomic E-state index is 0.0638. The Morgan fingerprint density at radius 3 is 2.29 bits per heavy atom. The van der Waals surface area contributed by atoms with Gasteiger partial charge in [-0.1, -0.05) is 0 Å². The van der Waals surface area contributed by atoms with E-state index in [1.165, 1.54) is 0 Å². The van der Waals surface area contributed by atoms with Crippen LogP contribution in [0.1, 0.15) is 24.2 Å². The van der Waals surface area contributed by atoms with E-state index in [2.05, 4.69) is 15.5 Å². The number of benzene rings is 1. The lowest BCUT2D eigenvalue weighted by Crippen LogP contribution is -3.16. The third-order valence-electron chi connectivity index (χ3n) is 4.11. The Hall–Kier alpha value is -2.41. The monoisotopic (exact) mass is 333 g/mol. The maximum atomic E-state index is 11.8. The van der Waals surface area contributed by atoms with Crippen LogP contribution in [-0.4, -0.2) is 57.0 Å². The molecule has 0 unspecified atom stereocenters. The molecular formula is C17H25N4O3+. The van der Waals surface area contributed by atoms with Gasteiger partial charge < -0.3 is 15.1 Å². The lowest BCUT2D eigenvalue weighted by atomic mass is 10.1. The molecule has 1 aromatic carbocycles. The molecule has 130 valence electrons. The average molecular weight is 333 g/mol. The number of hydrogen-bond donors (Lipinski definition) is 3. The zero-order valence-corrected chi connectivity index (χ0v) is 14.2. The third-order valence-corrected chi connectivity index (χ3v) is 4.11. The van der Waals surface area contributed by atoms with E-state index in [4.69, 9.17) is 0 Å².